The molecule has 1 saturated heterocycles. The average molecular weight is 436 g/mol. The second kappa shape index (κ2) is 8.07. The summed E-state index contributed by atoms with van der Waals surface area (Å²) in [6, 6.07) is 13.2. The molecule has 1 aliphatic rings. The molecule has 158 valence electrons. The number of aryl methyl sites for hydroxylation is 1. The van der Waals surface area contributed by atoms with Crippen molar-refractivity contribution in [2.75, 3.05) is 13.1 Å². The molecule has 7 nitrogen and oxygen atoms in total. The normalized spacial score (nSPS) is 16.2. The molecule has 1 amide bonds. The Hall–Kier alpha value is -3.32. The molecule has 1 aliphatic heterocycles. The number of ether oxygens (including phenoxy) is 1. The number of likely N-dealkylation sites (tertiary alicyclic amines) is 1. The van der Waals surface area contributed by atoms with Crippen molar-refractivity contribution in [1.29, 1.82) is 0 Å². The molecule has 31 heavy (non-hydrogen) atoms. The van der Waals surface area contributed by atoms with Gasteiger partial charge < -0.3 is 14.0 Å². The zero-order chi connectivity index (χ0) is 21.4. The van der Waals surface area contributed by atoms with Crippen molar-refractivity contribution in [2.24, 2.45) is 0 Å². The van der Waals surface area contributed by atoms with Gasteiger partial charge >= 0.3 is 0 Å². The molecule has 4 heterocycles. The van der Waals surface area contributed by atoms with Crippen molar-refractivity contribution in [3.05, 3.63) is 82.5 Å². The van der Waals surface area contributed by atoms with E-state index in [9.17, 15) is 4.79 Å². The van der Waals surface area contributed by atoms with E-state index in [2.05, 4.69) is 15.2 Å². The van der Waals surface area contributed by atoms with E-state index in [4.69, 9.17) is 16.3 Å². The molecule has 1 unspecified atom stereocenters. The summed E-state index contributed by atoms with van der Waals surface area (Å²) in [7, 11) is 0. The van der Waals surface area contributed by atoms with E-state index in [1.165, 1.54) is 0 Å². The molecule has 1 fully saturated rings. The van der Waals surface area contributed by atoms with Crippen LogP contribution < -0.4 is 4.74 Å². The molecular formula is C23H22ClN5O2. The van der Waals surface area contributed by atoms with E-state index in [-0.39, 0.29) is 11.8 Å². The summed E-state index contributed by atoms with van der Waals surface area (Å²) in [6.07, 6.45) is 4.59. The van der Waals surface area contributed by atoms with Gasteiger partial charge in [-0.3, -0.25) is 9.89 Å². The molecule has 0 saturated carbocycles. The van der Waals surface area contributed by atoms with E-state index in [1.807, 2.05) is 52.8 Å². The van der Waals surface area contributed by atoms with Gasteiger partial charge in [-0.05, 0) is 55.3 Å². The number of nitrogens with zero attached hydrogens (tertiary/aromatic N) is 4. The van der Waals surface area contributed by atoms with Crippen LogP contribution in [0.25, 0.3) is 5.65 Å². The highest BCUT2D eigenvalue weighted by molar-refractivity contribution is 6.30. The summed E-state index contributed by atoms with van der Waals surface area (Å²) < 4.78 is 7.67. The van der Waals surface area contributed by atoms with Gasteiger partial charge in [0.05, 0.1) is 11.4 Å². The number of H-pyrrole nitrogens is 1. The number of halogens is 1. The van der Waals surface area contributed by atoms with Gasteiger partial charge in [0.25, 0.3) is 5.91 Å². The van der Waals surface area contributed by atoms with Gasteiger partial charge in [0, 0.05) is 36.4 Å². The Kier molecular flexibility index (Phi) is 5.11. The number of hydrogen-bond donors (Lipinski definition) is 1. The first-order valence-electron chi connectivity index (χ1n) is 10.2. The number of carbonyl (C=O) groups is 1. The molecule has 0 bridgehead atoms. The smallest absolute Gasteiger partial charge is 0.274 e. The summed E-state index contributed by atoms with van der Waals surface area (Å²) in [5, 5.41) is 8.17. The molecule has 0 radical (unpaired) electrons. The highest BCUT2D eigenvalue weighted by atomic mass is 35.5. The quantitative estimate of drug-likeness (QED) is 0.509. The standard InChI is InChI=1S/C23H22ClN5O2/c1-15-3-2-9-28-13-21(25-22(15)28)23(30)29-10-8-16(12-29)20-11-18(26-27-20)14-31-19-6-4-17(24)5-7-19/h2-7,9,11,13,16H,8,10,12,14H2,1H3,(H,26,27). The van der Waals surface area contributed by atoms with Gasteiger partial charge in [0.2, 0.25) is 0 Å². The number of aromatic amines is 1. The van der Waals surface area contributed by atoms with E-state index in [0.29, 0.717) is 30.4 Å². The summed E-state index contributed by atoms with van der Waals surface area (Å²) in [4.78, 5) is 19.4. The second-order valence-corrected chi connectivity index (χ2v) is 8.28. The van der Waals surface area contributed by atoms with Crippen LogP contribution in [0.2, 0.25) is 5.02 Å². The van der Waals surface area contributed by atoms with Crippen LogP contribution in [0, 0.1) is 6.92 Å². The Balaban J connectivity index is 1.22. The van der Waals surface area contributed by atoms with Crippen LogP contribution in [-0.4, -0.2) is 43.5 Å². The van der Waals surface area contributed by atoms with Crippen LogP contribution in [0.1, 0.15) is 39.8 Å². The van der Waals surface area contributed by atoms with Crippen molar-refractivity contribution in [2.45, 2.75) is 25.9 Å². The third-order valence-corrected chi connectivity index (χ3v) is 5.90. The highest BCUT2D eigenvalue weighted by Gasteiger charge is 2.30. The molecular weight excluding hydrogens is 414 g/mol. The number of aromatic nitrogens is 4. The van der Waals surface area contributed by atoms with E-state index in [0.717, 1.165) is 34.8 Å². The lowest BCUT2D eigenvalue weighted by atomic mass is 10.1. The Bertz CT molecular complexity index is 1230. The van der Waals surface area contributed by atoms with Gasteiger partial charge in [-0.2, -0.15) is 5.10 Å². The molecule has 0 spiro atoms. The molecule has 4 aromatic rings. The number of hydrogen-bond acceptors (Lipinski definition) is 4. The van der Waals surface area contributed by atoms with Crippen molar-refractivity contribution in [1.82, 2.24) is 24.5 Å². The zero-order valence-corrected chi connectivity index (χ0v) is 17.8. The first kappa shape index (κ1) is 19.6. The fourth-order valence-electron chi connectivity index (χ4n) is 3.96. The van der Waals surface area contributed by atoms with E-state index >= 15 is 0 Å². The minimum Gasteiger partial charge on any atom is -0.487 e. The van der Waals surface area contributed by atoms with Crippen molar-refractivity contribution >= 4 is 23.2 Å². The van der Waals surface area contributed by atoms with Crippen LogP contribution in [0.3, 0.4) is 0 Å². The lowest BCUT2D eigenvalue weighted by molar-refractivity contribution is 0.0785. The molecule has 8 heteroatoms. The second-order valence-electron chi connectivity index (χ2n) is 7.85. The Labute approximate surface area is 184 Å². The number of nitrogens with one attached hydrogen (secondary N) is 1. The summed E-state index contributed by atoms with van der Waals surface area (Å²) >= 11 is 5.90. The maximum atomic E-state index is 13.0. The predicted molar refractivity (Wildman–Crippen MR) is 118 cm³/mol. The summed E-state index contributed by atoms with van der Waals surface area (Å²) in [6.45, 7) is 3.72. The summed E-state index contributed by atoms with van der Waals surface area (Å²) in [5.74, 6) is 0.913. The van der Waals surface area contributed by atoms with Gasteiger partial charge in [-0.25, -0.2) is 4.98 Å². The minimum atomic E-state index is -0.0348. The third-order valence-electron chi connectivity index (χ3n) is 5.65. The number of carbonyl (C=O) groups excluding carboxylic acids is 1. The molecule has 3 aromatic heterocycles. The first-order valence-corrected chi connectivity index (χ1v) is 10.6. The van der Waals surface area contributed by atoms with Crippen LogP contribution in [0.5, 0.6) is 5.75 Å². The largest absolute Gasteiger partial charge is 0.487 e. The van der Waals surface area contributed by atoms with Crippen LogP contribution in [0.4, 0.5) is 0 Å². The fraction of sp³-hybridized carbons (Fsp3) is 0.261. The Morgan fingerprint density at radius 2 is 2.13 bits per heavy atom. The Morgan fingerprint density at radius 1 is 1.29 bits per heavy atom. The molecule has 0 aliphatic carbocycles. The van der Waals surface area contributed by atoms with Gasteiger partial charge in [-0.15, -0.1) is 0 Å². The zero-order valence-electron chi connectivity index (χ0n) is 17.1. The van der Waals surface area contributed by atoms with Crippen LogP contribution in [0.15, 0.2) is 54.9 Å². The van der Waals surface area contributed by atoms with Crippen molar-refractivity contribution in [3.8, 4) is 5.75 Å². The first-order chi connectivity index (χ1) is 15.1. The number of fused-ring (bicyclic) bond motifs is 1. The number of imidazole rings is 1. The highest BCUT2D eigenvalue weighted by Crippen LogP contribution is 2.28. The summed E-state index contributed by atoms with van der Waals surface area (Å²) in [5.41, 5.74) is 4.19. The van der Waals surface area contributed by atoms with Crippen LogP contribution >= 0.6 is 11.6 Å². The average Bonchev–Trinajstić information content (AvgIpc) is 3.52. The molecule has 1 atom stereocenters. The lowest BCUT2D eigenvalue weighted by Gasteiger charge is -2.14. The predicted octanol–water partition coefficient (Wildman–Crippen LogP) is 4.23. The van der Waals surface area contributed by atoms with Gasteiger partial charge in [0.15, 0.2) is 0 Å². The number of benzene rings is 1. The SMILES string of the molecule is Cc1cccn2cc(C(=O)N3CCC(c4cc(COc5ccc(Cl)cc5)[nH]n4)C3)nc12. The third kappa shape index (κ3) is 4.01. The molecule has 1 aromatic carbocycles. The number of rotatable bonds is 5. The van der Waals surface area contributed by atoms with Crippen molar-refractivity contribution < 1.29 is 9.53 Å². The van der Waals surface area contributed by atoms with Crippen molar-refractivity contribution in [3.63, 3.8) is 0 Å². The molecule has 1 N–H and O–H groups in total. The Morgan fingerprint density at radius 3 is 2.94 bits per heavy atom. The number of pyridine rings is 1. The topological polar surface area (TPSA) is 75.5 Å². The van der Waals surface area contributed by atoms with E-state index < -0.39 is 0 Å². The monoisotopic (exact) mass is 435 g/mol. The maximum Gasteiger partial charge on any atom is 0.274 e. The van der Waals surface area contributed by atoms with E-state index in [1.54, 1.807) is 18.3 Å². The lowest BCUT2D eigenvalue weighted by Crippen LogP contribution is -2.28. The van der Waals surface area contributed by atoms with Gasteiger partial charge in [0.1, 0.15) is 23.7 Å². The molecule has 5 rings (SSSR count). The van der Waals surface area contributed by atoms with Gasteiger partial charge in [-0.1, -0.05) is 17.7 Å². The number of amides is 1. The minimum absolute atomic E-state index is 0.0348. The fourth-order valence-corrected chi connectivity index (χ4v) is 4.09. The van der Waals surface area contributed by atoms with Crippen LogP contribution in [-0.2, 0) is 6.61 Å². The maximum absolute atomic E-state index is 13.0.